The maximum Gasteiger partial charge on any atom is 0.142 e. The number of ketones is 1. The molecule has 2 N–H and O–H groups in total. The number of hydrogen-bond donors (Lipinski definition) is 2. The van der Waals surface area contributed by atoms with Gasteiger partial charge in [0.1, 0.15) is 15.8 Å². The zero-order valence-corrected chi connectivity index (χ0v) is 17.4. The van der Waals surface area contributed by atoms with Crippen molar-refractivity contribution in [2.24, 2.45) is 5.92 Å². The Morgan fingerprint density at radius 2 is 1.90 bits per heavy atom. The van der Waals surface area contributed by atoms with Gasteiger partial charge in [0.2, 0.25) is 0 Å². The summed E-state index contributed by atoms with van der Waals surface area (Å²) in [7, 11) is 0. The maximum absolute atomic E-state index is 12.6. The molecule has 8 heteroatoms. The Morgan fingerprint density at radius 1 is 1.10 bits per heavy atom. The summed E-state index contributed by atoms with van der Waals surface area (Å²) in [5.41, 5.74) is 2.36. The fourth-order valence-electron chi connectivity index (χ4n) is 3.32. The Balaban J connectivity index is 1.28. The van der Waals surface area contributed by atoms with E-state index in [-0.39, 0.29) is 31.0 Å². The molecule has 0 amide bonds. The van der Waals surface area contributed by atoms with E-state index in [1.807, 2.05) is 35.7 Å². The lowest BCUT2D eigenvalue weighted by Crippen LogP contribution is -2.37. The fourth-order valence-corrected chi connectivity index (χ4v) is 5.08. The molecular formula is C21H22N2O4S2. The van der Waals surface area contributed by atoms with E-state index < -0.39 is 0 Å². The molecule has 0 spiro atoms. The highest BCUT2D eigenvalue weighted by Gasteiger charge is 2.35. The van der Waals surface area contributed by atoms with Crippen molar-refractivity contribution in [3.8, 4) is 10.6 Å². The zero-order valence-electron chi connectivity index (χ0n) is 15.8. The van der Waals surface area contributed by atoms with Gasteiger partial charge >= 0.3 is 0 Å². The number of aromatic nitrogens is 2. The first-order valence-electron chi connectivity index (χ1n) is 9.49. The van der Waals surface area contributed by atoms with Gasteiger partial charge in [0.05, 0.1) is 48.6 Å². The summed E-state index contributed by atoms with van der Waals surface area (Å²) < 4.78 is 5.88. The number of ether oxygens (including phenoxy) is 1. The molecule has 1 saturated carbocycles. The van der Waals surface area contributed by atoms with E-state index in [1.54, 1.807) is 0 Å². The van der Waals surface area contributed by atoms with Crippen LogP contribution < -0.4 is 0 Å². The zero-order chi connectivity index (χ0) is 20.2. The quantitative estimate of drug-likeness (QED) is 0.541. The molecule has 0 saturated heterocycles. The largest absolute Gasteiger partial charge is 0.390 e. The number of carbonyl (C=O) groups is 1. The van der Waals surface area contributed by atoms with E-state index in [4.69, 9.17) is 4.74 Å². The van der Waals surface area contributed by atoms with Crippen molar-refractivity contribution in [2.75, 3.05) is 0 Å². The molecule has 2 heterocycles. The summed E-state index contributed by atoms with van der Waals surface area (Å²) >= 11 is 2.76. The minimum atomic E-state index is -0.204. The molecule has 0 aliphatic heterocycles. The molecular weight excluding hydrogens is 408 g/mol. The number of nitrogens with zero attached hydrogens (tertiary/aromatic N) is 2. The van der Waals surface area contributed by atoms with Gasteiger partial charge < -0.3 is 14.9 Å². The number of rotatable bonds is 9. The summed E-state index contributed by atoms with van der Waals surface area (Å²) in [4.78, 5) is 22.1. The highest BCUT2D eigenvalue weighted by atomic mass is 32.1. The van der Waals surface area contributed by atoms with Crippen LogP contribution in [0.2, 0.25) is 0 Å². The normalized spacial score (nSPS) is 18.6. The number of thiazole rings is 2. The smallest absolute Gasteiger partial charge is 0.142 e. The molecule has 0 radical (unpaired) electrons. The maximum atomic E-state index is 12.6. The minimum absolute atomic E-state index is 0.0422. The monoisotopic (exact) mass is 430 g/mol. The Hall–Kier alpha value is -1.97. The summed E-state index contributed by atoms with van der Waals surface area (Å²) in [6.45, 7) is 0.215. The SMILES string of the molecule is O=C(Cc1nc(-c2sc(CO)nc2CO)cs1)C1CC(OCc2ccccc2)C1. The van der Waals surface area contributed by atoms with Crippen LogP contribution in [0, 0.1) is 5.92 Å². The van der Waals surface area contributed by atoms with Crippen LogP contribution in [0.25, 0.3) is 10.6 Å². The van der Waals surface area contributed by atoms with Crippen LogP contribution in [0.3, 0.4) is 0 Å². The predicted molar refractivity (Wildman–Crippen MR) is 112 cm³/mol. The van der Waals surface area contributed by atoms with Crippen molar-refractivity contribution in [1.82, 2.24) is 9.97 Å². The first-order valence-corrected chi connectivity index (χ1v) is 11.2. The van der Waals surface area contributed by atoms with E-state index in [1.165, 1.54) is 22.7 Å². The van der Waals surface area contributed by atoms with Crippen molar-refractivity contribution in [3.63, 3.8) is 0 Å². The minimum Gasteiger partial charge on any atom is -0.390 e. The first-order chi connectivity index (χ1) is 14.2. The van der Waals surface area contributed by atoms with Gasteiger partial charge in [-0.05, 0) is 18.4 Å². The van der Waals surface area contributed by atoms with Crippen LogP contribution in [0.5, 0.6) is 0 Å². The van der Waals surface area contributed by atoms with Crippen molar-refractivity contribution in [3.05, 3.63) is 57.0 Å². The molecule has 29 heavy (non-hydrogen) atoms. The van der Waals surface area contributed by atoms with E-state index >= 15 is 0 Å². The highest BCUT2D eigenvalue weighted by Crippen LogP contribution is 2.34. The summed E-state index contributed by atoms with van der Waals surface area (Å²) in [6, 6.07) is 10.0. The summed E-state index contributed by atoms with van der Waals surface area (Å²) in [6.07, 6.45) is 2.01. The molecule has 0 bridgehead atoms. The fraction of sp³-hybridized carbons (Fsp3) is 0.381. The van der Waals surface area contributed by atoms with Gasteiger partial charge in [0, 0.05) is 11.3 Å². The lowest BCUT2D eigenvalue weighted by atomic mass is 9.78. The average molecular weight is 431 g/mol. The van der Waals surface area contributed by atoms with Gasteiger partial charge in [-0.3, -0.25) is 4.79 Å². The van der Waals surface area contributed by atoms with Crippen LogP contribution in [0.15, 0.2) is 35.7 Å². The molecule has 1 aliphatic rings. The van der Waals surface area contributed by atoms with Gasteiger partial charge in [-0.1, -0.05) is 30.3 Å². The lowest BCUT2D eigenvalue weighted by molar-refractivity contribution is -0.131. The molecule has 1 aliphatic carbocycles. The Bertz CT molecular complexity index is 964. The van der Waals surface area contributed by atoms with E-state index in [0.717, 1.165) is 28.3 Å². The number of benzene rings is 1. The Kier molecular flexibility index (Phi) is 6.46. The second-order valence-electron chi connectivity index (χ2n) is 7.06. The number of carbonyl (C=O) groups excluding carboxylic acids is 1. The van der Waals surface area contributed by atoms with Crippen LogP contribution in [0.1, 0.15) is 34.1 Å². The third-order valence-corrected chi connectivity index (χ3v) is 6.97. The number of aliphatic hydroxyl groups is 2. The molecule has 6 nitrogen and oxygen atoms in total. The van der Waals surface area contributed by atoms with Gasteiger partial charge in [-0.15, -0.1) is 22.7 Å². The second-order valence-corrected chi connectivity index (χ2v) is 9.08. The number of aliphatic hydroxyl groups excluding tert-OH is 2. The third kappa shape index (κ3) is 4.79. The van der Waals surface area contributed by atoms with Crippen molar-refractivity contribution in [1.29, 1.82) is 0 Å². The van der Waals surface area contributed by atoms with Crippen LogP contribution >= 0.6 is 22.7 Å². The molecule has 1 aromatic carbocycles. The van der Waals surface area contributed by atoms with Crippen molar-refractivity contribution < 1.29 is 19.7 Å². The molecule has 3 aromatic rings. The third-order valence-electron chi connectivity index (χ3n) is 5.02. The van der Waals surface area contributed by atoms with E-state index in [9.17, 15) is 15.0 Å². The molecule has 0 unspecified atom stereocenters. The molecule has 2 aromatic heterocycles. The van der Waals surface area contributed by atoms with E-state index in [2.05, 4.69) is 9.97 Å². The van der Waals surface area contributed by atoms with Crippen molar-refractivity contribution in [2.45, 2.75) is 45.2 Å². The van der Waals surface area contributed by atoms with Gasteiger partial charge in [-0.25, -0.2) is 9.97 Å². The predicted octanol–water partition coefficient (Wildman–Crippen LogP) is 3.36. The van der Waals surface area contributed by atoms with E-state index in [0.29, 0.717) is 29.4 Å². The van der Waals surface area contributed by atoms with Gasteiger partial charge in [-0.2, -0.15) is 0 Å². The summed E-state index contributed by atoms with van der Waals surface area (Å²) in [5, 5.41) is 21.9. The van der Waals surface area contributed by atoms with Crippen LogP contribution in [0.4, 0.5) is 0 Å². The number of hydrogen-bond acceptors (Lipinski definition) is 8. The highest BCUT2D eigenvalue weighted by molar-refractivity contribution is 7.16. The molecule has 4 rings (SSSR count). The topological polar surface area (TPSA) is 92.5 Å². The van der Waals surface area contributed by atoms with Crippen LogP contribution in [-0.2, 0) is 35.8 Å². The van der Waals surface area contributed by atoms with Gasteiger partial charge in [0.25, 0.3) is 0 Å². The molecule has 152 valence electrons. The average Bonchev–Trinajstić information content (AvgIpc) is 3.33. The molecule has 1 fully saturated rings. The van der Waals surface area contributed by atoms with Crippen molar-refractivity contribution >= 4 is 28.5 Å². The first kappa shape index (κ1) is 20.3. The second kappa shape index (κ2) is 9.23. The van der Waals surface area contributed by atoms with Crippen LogP contribution in [-0.4, -0.2) is 32.1 Å². The Morgan fingerprint density at radius 3 is 2.62 bits per heavy atom. The standard InChI is InChI=1S/C21H22N2O4S2/c24-9-16-21(29-20(10-25)22-16)17-12-28-19(23-17)8-18(26)14-6-15(7-14)27-11-13-4-2-1-3-5-13/h1-5,12,14-15,24-25H,6-11H2. The summed E-state index contributed by atoms with van der Waals surface area (Å²) in [5.74, 6) is 0.244. The number of Topliss-reactive ketones (excluding diaryl/α,β-unsaturated/α-hetero) is 1. The van der Waals surface area contributed by atoms with Gasteiger partial charge in [0.15, 0.2) is 0 Å². The lowest BCUT2D eigenvalue weighted by Gasteiger charge is -2.34. The Labute approximate surface area is 176 Å². The molecule has 0 atom stereocenters.